The fraction of sp³-hybridized carbons (Fsp3) is 0.529. The highest BCUT2D eigenvalue weighted by Gasteiger charge is 2.37. The van der Waals surface area contributed by atoms with Crippen LogP contribution in [0.25, 0.3) is 0 Å². The normalized spacial score (nSPS) is 23.2. The summed E-state index contributed by atoms with van der Waals surface area (Å²) in [6, 6.07) is 5.21. The van der Waals surface area contributed by atoms with E-state index >= 15 is 0 Å². The number of nitrogens with zero attached hydrogens (tertiary/aromatic N) is 1. The first-order valence-corrected chi connectivity index (χ1v) is 8.00. The summed E-state index contributed by atoms with van der Waals surface area (Å²) in [5.74, 6) is -0.418. The predicted molar refractivity (Wildman–Crippen MR) is 80.4 cm³/mol. The molecule has 22 heavy (non-hydrogen) atoms. The largest absolute Gasteiger partial charge is 0.352 e. The van der Waals surface area contributed by atoms with Gasteiger partial charge in [-0.15, -0.1) is 0 Å². The molecule has 1 saturated heterocycles. The van der Waals surface area contributed by atoms with Crippen LogP contribution in [0, 0.1) is 11.7 Å². The number of benzene rings is 1. The van der Waals surface area contributed by atoms with Crippen LogP contribution in [0.2, 0.25) is 0 Å². The molecule has 1 unspecified atom stereocenters. The molecule has 0 spiro atoms. The number of carbonyl (C=O) groups is 2. The SMILES string of the molecule is O=C1NCCN(C(=O)C2CCCCC2)C1c1ccc(F)cc1. The highest BCUT2D eigenvalue weighted by molar-refractivity contribution is 5.90. The Bertz CT molecular complexity index is 552. The molecule has 1 atom stereocenters. The molecule has 2 amide bonds. The molecular formula is C17H21FN2O2. The summed E-state index contributed by atoms with van der Waals surface area (Å²) in [7, 11) is 0. The predicted octanol–water partition coefficient (Wildman–Crippen LogP) is 2.41. The zero-order valence-corrected chi connectivity index (χ0v) is 12.6. The van der Waals surface area contributed by atoms with Gasteiger partial charge in [0, 0.05) is 19.0 Å². The molecule has 1 aromatic carbocycles. The van der Waals surface area contributed by atoms with Crippen molar-refractivity contribution in [3.05, 3.63) is 35.6 Å². The van der Waals surface area contributed by atoms with Crippen LogP contribution < -0.4 is 5.32 Å². The Kier molecular flexibility index (Phi) is 4.41. The molecule has 3 rings (SSSR count). The van der Waals surface area contributed by atoms with Crippen molar-refractivity contribution in [3.8, 4) is 0 Å². The Morgan fingerprint density at radius 2 is 1.82 bits per heavy atom. The maximum Gasteiger partial charge on any atom is 0.247 e. The highest BCUT2D eigenvalue weighted by atomic mass is 19.1. The smallest absolute Gasteiger partial charge is 0.247 e. The Labute approximate surface area is 129 Å². The zero-order valence-electron chi connectivity index (χ0n) is 12.6. The number of rotatable bonds is 2. The third-order valence-corrected chi connectivity index (χ3v) is 4.64. The van der Waals surface area contributed by atoms with Crippen molar-refractivity contribution in [3.63, 3.8) is 0 Å². The van der Waals surface area contributed by atoms with Gasteiger partial charge < -0.3 is 10.2 Å². The summed E-state index contributed by atoms with van der Waals surface area (Å²) in [5, 5.41) is 2.81. The van der Waals surface area contributed by atoms with E-state index in [9.17, 15) is 14.0 Å². The van der Waals surface area contributed by atoms with E-state index < -0.39 is 6.04 Å². The van der Waals surface area contributed by atoms with Crippen LogP contribution in [0.3, 0.4) is 0 Å². The Morgan fingerprint density at radius 1 is 1.14 bits per heavy atom. The zero-order chi connectivity index (χ0) is 15.5. The summed E-state index contributed by atoms with van der Waals surface area (Å²) in [6.07, 6.45) is 5.17. The van der Waals surface area contributed by atoms with E-state index in [2.05, 4.69) is 5.32 Å². The fourth-order valence-corrected chi connectivity index (χ4v) is 3.46. The van der Waals surface area contributed by atoms with E-state index in [1.54, 1.807) is 17.0 Å². The van der Waals surface area contributed by atoms with Crippen LogP contribution in [0.5, 0.6) is 0 Å². The van der Waals surface area contributed by atoms with Crippen molar-refractivity contribution >= 4 is 11.8 Å². The molecule has 0 radical (unpaired) electrons. The molecule has 1 aliphatic heterocycles. The van der Waals surface area contributed by atoms with Crippen LogP contribution in [-0.2, 0) is 9.59 Å². The summed E-state index contributed by atoms with van der Waals surface area (Å²) >= 11 is 0. The van der Waals surface area contributed by atoms with E-state index in [4.69, 9.17) is 0 Å². The molecule has 5 heteroatoms. The van der Waals surface area contributed by atoms with Crippen molar-refractivity contribution in [2.45, 2.75) is 38.1 Å². The lowest BCUT2D eigenvalue weighted by atomic mass is 9.87. The Morgan fingerprint density at radius 3 is 2.50 bits per heavy atom. The Balaban J connectivity index is 1.84. The molecule has 2 fully saturated rings. The van der Waals surface area contributed by atoms with Crippen molar-refractivity contribution in [1.29, 1.82) is 0 Å². The average molecular weight is 304 g/mol. The summed E-state index contributed by atoms with van der Waals surface area (Å²) in [6.45, 7) is 0.998. The molecule has 1 heterocycles. The molecule has 118 valence electrons. The van der Waals surface area contributed by atoms with Crippen molar-refractivity contribution in [2.75, 3.05) is 13.1 Å². The fourth-order valence-electron chi connectivity index (χ4n) is 3.46. The quantitative estimate of drug-likeness (QED) is 0.912. The first kappa shape index (κ1) is 15.0. The number of halogens is 1. The van der Waals surface area contributed by atoms with Gasteiger partial charge in [0.25, 0.3) is 0 Å². The van der Waals surface area contributed by atoms with E-state index in [0.717, 1.165) is 25.7 Å². The number of hydrogen-bond acceptors (Lipinski definition) is 2. The van der Waals surface area contributed by atoms with Gasteiger partial charge in [-0.05, 0) is 30.5 Å². The van der Waals surface area contributed by atoms with Crippen LogP contribution in [0.4, 0.5) is 4.39 Å². The summed E-state index contributed by atoms with van der Waals surface area (Å²) in [5.41, 5.74) is 0.669. The van der Waals surface area contributed by atoms with Crippen molar-refractivity contribution in [1.82, 2.24) is 10.2 Å². The molecule has 1 N–H and O–H groups in total. The number of nitrogens with one attached hydrogen (secondary N) is 1. The summed E-state index contributed by atoms with van der Waals surface area (Å²) < 4.78 is 13.1. The molecular weight excluding hydrogens is 283 g/mol. The van der Waals surface area contributed by atoms with Crippen LogP contribution >= 0.6 is 0 Å². The molecule has 1 saturated carbocycles. The van der Waals surface area contributed by atoms with E-state index in [-0.39, 0.29) is 23.5 Å². The van der Waals surface area contributed by atoms with Gasteiger partial charge in [0.2, 0.25) is 11.8 Å². The van der Waals surface area contributed by atoms with Gasteiger partial charge in [0.15, 0.2) is 0 Å². The topological polar surface area (TPSA) is 49.4 Å². The minimum Gasteiger partial charge on any atom is -0.352 e. The lowest BCUT2D eigenvalue weighted by molar-refractivity contribution is -0.147. The minimum atomic E-state index is -0.635. The first-order chi connectivity index (χ1) is 10.7. The lowest BCUT2D eigenvalue weighted by Gasteiger charge is -2.38. The average Bonchev–Trinajstić information content (AvgIpc) is 2.56. The second kappa shape index (κ2) is 6.46. The molecule has 1 aromatic rings. The number of hydrogen-bond donors (Lipinski definition) is 1. The molecule has 0 aromatic heterocycles. The van der Waals surface area contributed by atoms with Gasteiger partial charge in [-0.25, -0.2) is 4.39 Å². The number of piperazine rings is 1. The highest BCUT2D eigenvalue weighted by Crippen LogP contribution is 2.30. The minimum absolute atomic E-state index is 0.0302. The maximum atomic E-state index is 13.1. The second-order valence-electron chi connectivity index (χ2n) is 6.11. The monoisotopic (exact) mass is 304 g/mol. The Hall–Kier alpha value is -1.91. The van der Waals surface area contributed by atoms with Crippen LogP contribution in [0.15, 0.2) is 24.3 Å². The van der Waals surface area contributed by atoms with Gasteiger partial charge in [-0.3, -0.25) is 9.59 Å². The maximum absolute atomic E-state index is 13.1. The lowest BCUT2D eigenvalue weighted by Crippen LogP contribution is -2.53. The van der Waals surface area contributed by atoms with Crippen molar-refractivity contribution < 1.29 is 14.0 Å². The molecule has 0 bridgehead atoms. The van der Waals surface area contributed by atoms with Gasteiger partial charge in [0.1, 0.15) is 11.9 Å². The van der Waals surface area contributed by atoms with E-state index in [0.29, 0.717) is 18.7 Å². The third kappa shape index (κ3) is 2.98. The molecule has 2 aliphatic rings. The van der Waals surface area contributed by atoms with Gasteiger partial charge >= 0.3 is 0 Å². The second-order valence-corrected chi connectivity index (χ2v) is 6.11. The van der Waals surface area contributed by atoms with Crippen LogP contribution in [0.1, 0.15) is 43.7 Å². The van der Waals surface area contributed by atoms with E-state index in [1.165, 1.54) is 18.6 Å². The standard InChI is InChI=1S/C17H21FN2O2/c18-14-8-6-12(7-9-14)15-16(21)19-10-11-20(15)17(22)13-4-2-1-3-5-13/h6-9,13,15H,1-5,10-11H2,(H,19,21). The summed E-state index contributed by atoms with van der Waals surface area (Å²) in [4.78, 5) is 26.8. The van der Waals surface area contributed by atoms with Crippen molar-refractivity contribution in [2.24, 2.45) is 5.92 Å². The first-order valence-electron chi connectivity index (χ1n) is 8.00. The van der Waals surface area contributed by atoms with Crippen LogP contribution in [-0.4, -0.2) is 29.8 Å². The molecule has 1 aliphatic carbocycles. The van der Waals surface area contributed by atoms with Gasteiger partial charge in [-0.1, -0.05) is 31.4 Å². The van der Waals surface area contributed by atoms with E-state index in [1.807, 2.05) is 0 Å². The van der Waals surface area contributed by atoms with Gasteiger partial charge in [-0.2, -0.15) is 0 Å². The van der Waals surface area contributed by atoms with Gasteiger partial charge in [0.05, 0.1) is 0 Å². The number of carbonyl (C=O) groups excluding carboxylic acids is 2. The molecule has 4 nitrogen and oxygen atoms in total. The third-order valence-electron chi connectivity index (χ3n) is 4.64. The number of amides is 2.